The van der Waals surface area contributed by atoms with Crippen LogP contribution in [0.5, 0.6) is 5.75 Å². The van der Waals surface area contributed by atoms with E-state index < -0.39 is 27.1 Å². The molecule has 3 aromatic carbocycles. The molecule has 2 bridgehead atoms. The van der Waals surface area contributed by atoms with Crippen molar-refractivity contribution in [3.8, 4) is 5.75 Å². The van der Waals surface area contributed by atoms with Crippen molar-refractivity contribution >= 4 is 27.1 Å². The van der Waals surface area contributed by atoms with Gasteiger partial charge in [-0.2, -0.15) is 4.31 Å². The SMILES string of the molecule is COc1ccc(C(=O)c2cc3ccc2[C@@H]2CC[C@@](O)(CN(Cc4ccccc4)S(=O)(=O)c4cccs4)[C@@]2(C)CCC=C(C)CC[C@H](O)C3)cc1. The minimum atomic E-state index is -3.93. The molecule has 1 heterocycles. The normalized spacial score (nSPS) is 24.4. The van der Waals surface area contributed by atoms with Crippen LogP contribution >= 0.6 is 11.3 Å². The van der Waals surface area contributed by atoms with Gasteiger partial charge >= 0.3 is 0 Å². The van der Waals surface area contributed by atoms with Gasteiger partial charge in [-0.1, -0.05) is 67.1 Å². The zero-order valence-electron chi connectivity index (χ0n) is 29.0. The first kappa shape index (κ1) is 36.2. The molecule has 3 aliphatic carbocycles. The van der Waals surface area contributed by atoms with E-state index in [1.54, 1.807) is 48.9 Å². The number of ether oxygens (including phenoxy) is 1. The zero-order valence-corrected chi connectivity index (χ0v) is 30.7. The first-order chi connectivity index (χ1) is 23.9. The predicted octanol–water partition coefficient (Wildman–Crippen LogP) is 7.92. The van der Waals surface area contributed by atoms with Gasteiger partial charge in [0.05, 0.1) is 18.8 Å². The molecule has 0 unspecified atom stereocenters. The second kappa shape index (κ2) is 14.9. The van der Waals surface area contributed by atoms with Gasteiger partial charge in [0.1, 0.15) is 9.96 Å². The Kier molecular flexibility index (Phi) is 10.8. The van der Waals surface area contributed by atoms with E-state index in [0.29, 0.717) is 55.4 Å². The van der Waals surface area contributed by atoms with E-state index in [2.05, 4.69) is 19.9 Å². The molecule has 1 saturated carbocycles. The van der Waals surface area contributed by atoms with Gasteiger partial charge in [0.15, 0.2) is 5.78 Å². The maximum absolute atomic E-state index is 14.4. The zero-order chi connectivity index (χ0) is 35.5. The minimum Gasteiger partial charge on any atom is -0.497 e. The third kappa shape index (κ3) is 7.39. The third-order valence-electron chi connectivity index (χ3n) is 11.0. The summed E-state index contributed by atoms with van der Waals surface area (Å²) < 4.78 is 35.5. The molecule has 7 nitrogen and oxygen atoms in total. The number of ketones is 1. The number of carbonyl (C=O) groups excluding carboxylic acids is 1. The van der Waals surface area contributed by atoms with Gasteiger partial charge in [-0.25, -0.2) is 8.42 Å². The number of allylic oxidation sites excluding steroid dienone is 2. The molecule has 3 aliphatic rings. The molecule has 0 spiro atoms. The van der Waals surface area contributed by atoms with Crippen LogP contribution < -0.4 is 4.74 Å². The molecule has 4 aromatic rings. The molecule has 0 radical (unpaired) electrons. The highest BCUT2D eigenvalue weighted by Gasteiger charge is 2.58. The molecule has 9 heteroatoms. The number of rotatable bonds is 9. The highest BCUT2D eigenvalue weighted by atomic mass is 32.2. The van der Waals surface area contributed by atoms with Gasteiger partial charge in [-0.15, -0.1) is 11.3 Å². The van der Waals surface area contributed by atoms with Crippen molar-refractivity contribution in [2.45, 2.75) is 87.2 Å². The Bertz CT molecular complexity index is 1920. The molecule has 7 rings (SSSR count). The van der Waals surface area contributed by atoms with Gasteiger partial charge in [0, 0.05) is 29.6 Å². The van der Waals surface area contributed by atoms with E-state index in [1.165, 1.54) is 21.2 Å². The van der Waals surface area contributed by atoms with E-state index in [9.17, 15) is 23.4 Å². The number of hydrogen-bond donors (Lipinski definition) is 2. The molecule has 0 amide bonds. The van der Waals surface area contributed by atoms with Crippen molar-refractivity contribution in [2.24, 2.45) is 5.41 Å². The van der Waals surface area contributed by atoms with Crippen LogP contribution in [0.2, 0.25) is 0 Å². The van der Waals surface area contributed by atoms with E-state index in [4.69, 9.17) is 4.74 Å². The van der Waals surface area contributed by atoms with Crippen molar-refractivity contribution in [3.05, 3.63) is 130 Å². The Morgan fingerprint density at radius 3 is 2.46 bits per heavy atom. The highest BCUT2D eigenvalue weighted by molar-refractivity contribution is 7.91. The highest BCUT2D eigenvalue weighted by Crippen LogP contribution is 2.59. The summed E-state index contributed by atoms with van der Waals surface area (Å²) in [5.41, 5.74) is 2.63. The van der Waals surface area contributed by atoms with Crippen LogP contribution in [-0.4, -0.2) is 54.1 Å². The van der Waals surface area contributed by atoms with Crippen LogP contribution in [-0.2, 0) is 23.0 Å². The van der Waals surface area contributed by atoms with Crippen molar-refractivity contribution in [3.63, 3.8) is 0 Å². The minimum absolute atomic E-state index is 0.0795. The van der Waals surface area contributed by atoms with Crippen LogP contribution in [0, 0.1) is 5.41 Å². The molecule has 1 aromatic heterocycles. The van der Waals surface area contributed by atoms with Gasteiger partial charge in [-0.05, 0) is 116 Å². The number of hydrogen-bond acceptors (Lipinski definition) is 7. The maximum Gasteiger partial charge on any atom is 0.252 e. The monoisotopic (exact) mass is 713 g/mol. The largest absolute Gasteiger partial charge is 0.497 e. The molecule has 4 atom stereocenters. The number of aliphatic hydroxyl groups excluding tert-OH is 1. The number of methoxy groups -OCH3 is 1. The summed E-state index contributed by atoms with van der Waals surface area (Å²) >= 11 is 1.17. The molecule has 264 valence electrons. The second-order valence-electron chi connectivity index (χ2n) is 14.2. The number of benzene rings is 3. The van der Waals surface area contributed by atoms with Crippen LogP contribution in [0.3, 0.4) is 0 Å². The summed E-state index contributed by atoms with van der Waals surface area (Å²) in [6.07, 6.45) is 5.64. The average Bonchev–Trinajstić information content (AvgIpc) is 3.75. The Hall–Kier alpha value is -3.60. The van der Waals surface area contributed by atoms with Crippen LogP contribution in [0.25, 0.3) is 0 Å². The maximum atomic E-state index is 14.4. The summed E-state index contributed by atoms with van der Waals surface area (Å²) in [5, 5.41) is 25.7. The van der Waals surface area contributed by atoms with Gasteiger partial charge in [0.2, 0.25) is 0 Å². The van der Waals surface area contributed by atoms with E-state index >= 15 is 0 Å². The van der Waals surface area contributed by atoms with Crippen molar-refractivity contribution in [1.29, 1.82) is 0 Å². The van der Waals surface area contributed by atoms with Gasteiger partial charge < -0.3 is 14.9 Å². The Morgan fingerprint density at radius 2 is 1.76 bits per heavy atom. The lowest BCUT2D eigenvalue weighted by Crippen LogP contribution is -2.53. The third-order valence-corrected chi connectivity index (χ3v) is 14.2. The summed E-state index contributed by atoms with van der Waals surface area (Å²) in [6, 6.07) is 25.8. The van der Waals surface area contributed by atoms with Crippen molar-refractivity contribution in [1.82, 2.24) is 4.31 Å². The lowest BCUT2D eigenvalue weighted by molar-refractivity contribution is -0.0731. The number of sulfonamides is 1. The summed E-state index contributed by atoms with van der Waals surface area (Å²) in [7, 11) is -2.34. The fraction of sp³-hybridized carbons (Fsp3) is 0.390. The number of fused-ring (bicyclic) bond motifs is 8. The fourth-order valence-electron chi connectivity index (χ4n) is 7.94. The Labute approximate surface area is 300 Å². The molecular weight excluding hydrogens is 667 g/mol. The van der Waals surface area contributed by atoms with E-state index in [-0.39, 0.29) is 29.0 Å². The Morgan fingerprint density at radius 1 is 1.00 bits per heavy atom. The summed E-state index contributed by atoms with van der Waals surface area (Å²) in [4.78, 5) is 14.4. The topological polar surface area (TPSA) is 104 Å². The Balaban J connectivity index is 1.45. The molecule has 0 aliphatic heterocycles. The van der Waals surface area contributed by atoms with Crippen LogP contribution in [0.15, 0.2) is 106 Å². The standard InChI is InChI=1S/C41H47NO6S2/c1-29-9-7-22-40(2)37(21-23-41(40,45)28-42(27-30-10-5-4-6-11-30)50(46,47)38-12-8-24-49-38)35-20-14-31(25-33(43)17-13-29)26-36(35)39(44)32-15-18-34(48-3)19-16-32/h4-6,8-12,14-16,18-20,24,26,33,37,43,45H,7,13,17,21-23,25,27-28H2,1-3H3/t33-,37-,40-,41+/m0/s1. The first-order valence-electron chi connectivity index (χ1n) is 17.4. The predicted molar refractivity (Wildman–Crippen MR) is 198 cm³/mol. The van der Waals surface area contributed by atoms with E-state index in [1.807, 2.05) is 48.5 Å². The molecule has 2 N–H and O–H groups in total. The average molecular weight is 714 g/mol. The van der Waals surface area contributed by atoms with Gasteiger partial charge in [0.25, 0.3) is 10.0 Å². The van der Waals surface area contributed by atoms with Crippen LogP contribution in [0.1, 0.15) is 90.9 Å². The van der Waals surface area contributed by atoms with Crippen molar-refractivity contribution < 1.29 is 28.2 Å². The quantitative estimate of drug-likeness (QED) is 0.135. The van der Waals surface area contributed by atoms with Crippen molar-refractivity contribution in [2.75, 3.05) is 13.7 Å². The molecular formula is C41H47NO6S2. The lowest BCUT2D eigenvalue weighted by atomic mass is 9.64. The number of nitrogens with zero attached hydrogens (tertiary/aromatic N) is 1. The summed E-state index contributed by atoms with van der Waals surface area (Å²) in [5.74, 6) is 0.288. The number of aliphatic hydroxyl groups is 2. The molecule has 0 saturated heterocycles. The first-order valence-corrected chi connectivity index (χ1v) is 19.7. The smallest absolute Gasteiger partial charge is 0.252 e. The van der Waals surface area contributed by atoms with Crippen LogP contribution in [0.4, 0.5) is 0 Å². The van der Waals surface area contributed by atoms with E-state index in [0.717, 1.165) is 23.1 Å². The molecule has 50 heavy (non-hydrogen) atoms. The number of carbonyl (C=O) groups is 1. The summed E-state index contributed by atoms with van der Waals surface area (Å²) in [6.45, 7) is 4.20. The lowest BCUT2D eigenvalue weighted by Gasteiger charge is -2.46. The van der Waals surface area contributed by atoms with Gasteiger partial charge in [-0.3, -0.25) is 4.79 Å². The second-order valence-corrected chi connectivity index (χ2v) is 17.3. The number of thiophene rings is 1. The molecule has 1 fully saturated rings. The fourth-order valence-corrected chi connectivity index (χ4v) is 10.6.